The Hall–Kier alpha value is -2.84. The van der Waals surface area contributed by atoms with Gasteiger partial charge in [-0.05, 0) is 56.2 Å². The number of benzene rings is 2. The molecule has 2 amide bonds. The van der Waals surface area contributed by atoms with E-state index in [1.807, 2.05) is 56.5 Å². The van der Waals surface area contributed by atoms with Gasteiger partial charge in [0.05, 0.1) is 11.8 Å². The van der Waals surface area contributed by atoms with Gasteiger partial charge in [-0.15, -0.1) is 10.2 Å². The van der Waals surface area contributed by atoms with Crippen molar-refractivity contribution in [3.8, 4) is 0 Å². The normalized spacial score (nSPS) is 11.9. The number of hydrogen-bond donors (Lipinski definition) is 2. The van der Waals surface area contributed by atoms with Gasteiger partial charge in [0.1, 0.15) is 0 Å². The molecule has 1 heterocycles. The van der Waals surface area contributed by atoms with Crippen LogP contribution in [0.2, 0.25) is 5.02 Å². The van der Waals surface area contributed by atoms with Gasteiger partial charge >= 0.3 is 0 Å². The summed E-state index contributed by atoms with van der Waals surface area (Å²) in [5, 5.41) is 15.9. The molecule has 2 aromatic carbocycles. The predicted molar refractivity (Wildman–Crippen MR) is 133 cm³/mol. The molecule has 1 aromatic heterocycles. The lowest BCUT2D eigenvalue weighted by molar-refractivity contribution is -0.113. The van der Waals surface area contributed by atoms with E-state index >= 15 is 0 Å². The van der Waals surface area contributed by atoms with Gasteiger partial charge in [0.15, 0.2) is 11.0 Å². The third-order valence-electron chi connectivity index (χ3n) is 5.07. The highest BCUT2D eigenvalue weighted by Gasteiger charge is 2.26. The van der Waals surface area contributed by atoms with Gasteiger partial charge in [-0.2, -0.15) is 0 Å². The maximum atomic E-state index is 12.8. The number of carbonyl (C=O) groups is 2. The third-order valence-corrected chi connectivity index (χ3v) is 6.29. The third kappa shape index (κ3) is 6.58. The van der Waals surface area contributed by atoms with Gasteiger partial charge < -0.3 is 15.2 Å². The van der Waals surface area contributed by atoms with E-state index in [0.717, 1.165) is 5.56 Å². The van der Waals surface area contributed by atoms with Crippen LogP contribution in [0.25, 0.3) is 0 Å². The molecule has 0 radical (unpaired) electrons. The Kier molecular flexibility index (Phi) is 8.52. The first-order valence-corrected chi connectivity index (χ1v) is 12.1. The minimum absolute atomic E-state index is 0.0972. The monoisotopic (exact) mass is 485 g/mol. The molecule has 0 saturated carbocycles. The van der Waals surface area contributed by atoms with Crippen LogP contribution in [0.1, 0.15) is 48.6 Å². The van der Waals surface area contributed by atoms with Crippen LogP contribution in [0.5, 0.6) is 0 Å². The van der Waals surface area contributed by atoms with Crippen molar-refractivity contribution < 1.29 is 9.59 Å². The molecule has 0 fully saturated rings. The second kappa shape index (κ2) is 11.3. The minimum atomic E-state index is -0.316. The summed E-state index contributed by atoms with van der Waals surface area (Å²) < 4.78 is 1.94. The van der Waals surface area contributed by atoms with Crippen molar-refractivity contribution in [2.45, 2.75) is 45.4 Å². The molecule has 0 aliphatic rings. The second-order valence-electron chi connectivity index (χ2n) is 7.99. The fourth-order valence-corrected chi connectivity index (χ4v) is 4.19. The van der Waals surface area contributed by atoms with Crippen LogP contribution in [-0.2, 0) is 11.3 Å². The SMILES string of the molecule is CCn1c(SCC(=O)Nc2ccc(Cl)cc2)nnc1[C@H](NC(=O)c1ccc(C)cc1)C(C)C. The standard InChI is InChI=1S/C24H28ClN5O2S/c1-5-30-22(21(15(2)3)27-23(32)17-8-6-16(4)7-9-17)28-29-24(30)33-14-20(31)26-19-12-10-18(25)11-13-19/h6-13,15,21H,5,14H2,1-4H3,(H,26,31)(H,27,32)/t21-/m1/s1. The van der Waals surface area contributed by atoms with Crippen molar-refractivity contribution in [3.63, 3.8) is 0 Å². The topological polar surface area (TPSA) is 88.9 Å². The van der Waals surface area contributed by atoms with Gasteiger partial charge in [-0.1, -0.05) is 54.9 Å². The molecule has 9 heteroatoms. The van der Waals surface area contributed by atoms with Crippen LogP contribution < -0.4 is 10.6 Å². The molecule has 33 heavy (non-hydrogen) atoms. The lowest BCUT2D eigenvalue weighted by atomic mass is 10.0. The van der Waals surface area contributed by atoms with Crippen LogP contribution in [0, 0.1) is 12.8 Å². The molecule has 7 nitrogen and oxygen atoms in total. The first kappa shape index (κ1) is 24.8. The zero-order chi connectivity index (χ0) is 24.0. The van der Waals surface area contributed by atoms with E-state index in [4.69, 9.17) is 11.6 Å². The van der Waals surface area contributed by atoms with Crippen molar-refractivity contribution in [2.75, 3.05) is 11.1 Å². The highest BCUT2D eigenvalue weighted by Crippen LogP contribution is 2.26. The van der Waals surface area contributed by atoms with E-state index in [9.17, 15) is 9.59 Å². The molecule has 0 spiro atoms. The molecule has 3 aromatic rings. The Morgan fingerprint density at radius 1 is 1.06 bits per heavy atom. The van der Waals surface area contributed by atoms with E-state index < -0.39 is 0 Å². The summed E-state index contributed by atoms with van der Waals surface area (Å²) in [6, 6.07) is 14.1. The summed E-state index contributed by atoms with van der Waals surface area (Å²) in [7, 11) is 0. The first-order valence-electron chi connectivity index (χ1n) is 10.8. The van der Waals surface area contributed by atoms with E-state index in [1.165, 1.54) is 11.8 Å². The molecule has 1 atom stereocenters. The van der Waals surface area contributed by atoms with E-state index in [1.54, 1.807) is 24.3 Å². The van der Waals surface area contributed by atoms with Crippen molar-refractivity contribution in [1.82, 2.24) is 20.1 Å². The lowest BCUT2D eigenvalue weighted by Crippen LogP contribution is -2.33. The fraction of sp³-hybridized carbons (Fsp3) is 0.333. The average Bonchev–Trinajstić information content (AvgIpc) is 3.20. The molecule has 0 unspecified atom stereocenters. The van der Waals surface area contributed by atoms with Crippen LogP contribution in [0.4, 0.5) is 5.69 Å². The van der Waals surface area contributed by atoms with Crippen molar-refractivity contribution in [2.24, 2.45) is 5.92 Å². The number of amides is 2. The van der Waals surface area contributed by atoms with E-state index in [2.05, 4.69) is 20.8 Å². The molecule has 0 saturated heterocycles. The second-order valence-corrected chi connectivity index (χ2v) is 9.37. The highest BCUT2D eigenvalue weighted by molar-refractivity contribution is 7.99. The van der Waals surface area contributed by atoms with Gasteiger partial charge in [-0.3, -0.25) is 9.59 Å². The minimum Gasteiger partial charge on any atom is -0.342 e. The van der Waals surface area contributed by atoms with Crippen LogP contribution in [0.3, 0.4) is 0 Å². The molecule has 174 valence electrons. The number of hydrogen-bond acceptors (Lipinski definition) is 5. The van der Waals surface area contributed by atoms with Crippen molar-refractivity contribution >= 4 is 40.9 Å². The lowest BCUT2D eigenvalue weighted by Gasteiger charge is -2.22. The number of aromatic nitrogens is 3. The Labute approximate surface area is 203 Å². The van der Waals surface area contributed by atoms with Gasteiger partial charge in [-0.25, -0.2) is 0 Å². The number of carbonyl (C=O) groups excluding carboxylic acids is 2. The molecular formula is C24H28ClN5O2S. The molecule has 0 aliphatic carbocycles. The number of aryl methyl sites for hydroxylation is 1. The molecular weight excluding hydrogens is 458 g/mol. The molecule has 0 bridgehead atoms. The van der Waals surface area contributed by atoms with E-state index in [0.29, 0.717) is 33.8 Å². The first-order chi connectivity index (χ1) is 15.8. The number of nitrogens with one attached hydrogen (secondary N) is 2. The van der Waals surface area contributed by atoms with Crippen LogP contribution in [0.15, 0.2) is 53.7 Å². The smallest absolute Gasteiger partial charge is 0.251 e. The predicted octanol–water partition coefficient (Wildman–Crippen LogP) is 5.12. The van der Waals surface area contributed by atoms with E-state index in [-0.39, 0.29) is 29.5 Å². The average molecular weight is 486 g/mol. The maximum absolute atomic E-state index is 12.8. The summed E-state index contributed by atoms with van der Waals surface area (Å²) in [6.45, 7) is 8.65. The number of halogens is 1. The Morgan fingerprint density at radius 3 is 2.33 bits per heavy atom. The van der Waals surface area contributed by atoms with Crippen molar-refractivity contribution in [1.29, 1.82) is 0 Å². The molecule has 0 aliphatic heterocycles. The van der Waals surface area contributed by atoms with Gasteiger partial charge in [0, 0.05) is 22.8 Å². The number of anilines is 1. The molecule has 3 rings (SSSR count). The van der Waals surface area contributed by atoms with Gasteiger partial charge in [0.2, 0.25) is 5.91 Å². The largest absolute Gasteiger partial charge is 0.342 e. The number of thioether (sulfide) groups is 1. The quantitative estimate of drug-likeness (QED) is 0.411. The Morgan fingerprint density at radius 2 is 1.73 bits per heavy atom. The summed E-state index contributed by atoms with van der Waals surface area (Å²) >= 11 is 7.19. The van der Waals surface area contributed by atoms with Crippen LogP contribution >= 0.6 is 23.4 Å². The van der Waals surface area contributed by atoms with Crippen LogP contribution in [-0.4, -0.2) is 32.3 Å². The zero-order valence-corrected chi connectivity index (χ0v) is 20.7. The summed E-state index contributed by atoms with van der Waals surface area (Å²) in [5.41, 5.74) is 2.38. The molecule has 2 N–H and O–H groups in total. The summed E-state index contributed by atoms with van der Waals surface area (Å²) in [6.07, 6.45) is 0. The van der Waals surface area contributed by atoms with Crippen molar-refractivity contribution in [3.05, 3.63) is 70.5 Å². The highest BCUT2D eigenvalue weighted by atomic mass is 35.5. The van der Waals surface area contributed by atoms with Gasteiger partial charge in [0.25, 0.3) is 5.91 Å². The zero-order valence-electron chi connectivity index (χ0n) is 19.1. The summed E-state index contributed by atoms with van der Waals surface area (Å²) in [4.78, 5) is 25.2. The summed E-state index contributed by atoms with van der Waals surface area (Å²) in [5.74, 6) is 0.648. The number of rotatable bonds is 9. The fourth-order valence-electron chi connectivity index (χ4n) is 3.25. The maximum Gasteiger partial charge on any atom is 0.251 e. The Bertz CT molecular complexity index is 1100. The number of nitrogens with zero attached hydrogens (tertiary/aromatic N) is 3. The Balaban J connectivity index is 1.70.